The van der Waals surface area contributed by atoms with Crippen LogP contribution in [0.1, 0.15) is 19.3 Å². The molecule has 0 aromatic carbocycles. The quantitative estimate of drug-likeness (QED) is 0.589. The first-order chi connectivity index (χ1) is 6.18. The van der Waals surface area contributed by atoms with Gasteiger partial charge in [0.15, 0.2) is 0 Å². The van der Waals surface area contributed by atoms with Crippen molar-refractivity contribution < 1.29 is 9.59 Å². The number of urea groups is 1. The van der Waals surface area contributed by atoms with Gasteiger partial charge in [0, 0.05) is 13.6 Å². The first kappa shape index (κ1) is 8.53. The molecule has 13 heavy (non-hydrogen) atoms. The third-order valence-corrected chi connectivity index (χ3v) is 2.90. The number of amides is 3. The van der Waals surface area contributed by atoms with Crippen molar-refractivity contribution in [3.8, 4) is 0 Å². The topological polar surface area (TPSA) is 40.6 Å². The molecule has 0 N–H and O–H groups in total. The minimum absolute atomic E-state index is 0.0422. The summed E-state index contributed by atoms with van der Waals surface area (Å²) < 4.78 is 0. The van der Waals surface area contributed by atoms with Gasteiger partial charge in [-0.25, -0.2) is 4.79 Å². The number of carbonyl (C=O) groups excluding carboxylic acids is 2. The predicted molar refractivity (Wildman–Crippen MR) is 47.1 cm³/mol. The summed E-state index contributed by atoms with van der Waals surface area (Å²) in [7, 11) is 1.67. The number of hydrogen-bond donors (Lipinski definition) is 0. The van der Waals surface area contributed by atoms with E-state index in [0.717, 1.165) is 0 Å². The predicted octanol–water partition coefficient (Wildman–Crippen LogP) is 0.680. The maximum absolute atomic E-state index is 11.4. The number of imide groups is 1. The van der Waals surface area contributed by atoms with Crippen molar-refractivity contribution in [3.63, 3.8) is 0 Å². The second-order valence-electron chi connectivity index (χ2n) is 3.94. The number of carbonyl (C=O) groups is 2. The Morgan fingerprint density at radius 3 is 2.46 bits per heavy atom. The number of nitrogens with zero attached hydrogens (tertiary/aromatic N) is 2. The molecule has 1 saturated carbocycles. The largest absolute Gasteiger partial charge is 0.326 e. The fraction of sp³-hybridized carbons (Fsp3) is 0.778. The molecular weight excluding hydrogens is 168 g/mol. The lowest BCUT2D eigenvalue weighted by Crippen LogP contribution is -2.37. The highest BCUT2D eigenvalue weighted by Crippen LogP contribution is 2.28. The van der Waals surface area contributed by atoms with E-state index in [1.54, 1.807) is 7.05 Å². The molecule has 72 valence electrons. The van der Waals surface area contributed by atoms with Crippen molar-refractivity contribution in [3.05, 3.63) is 0 Å². The van der Waals surface area contributed by atoms with Gasteiger partial charge in [-0.1, -0.05) is 6.42 Å². The van der Waals surface area contributed by atoms with E-state index in [9.17, 15) is 9.59 Å². The average molecular weight is 182 g/mol. The Kier molecular flexibility index (Phi) is 1.98. The van der Waals surface area contributed by atoms with Crippen LogP contribution in [0.3, 0.4) is 0 Å². The maximum Gasteiger partial charge on any atom is 0.326 e. The van der Waals surface area contributed by atoms with Gasteiger partial charge in [0.1, 0.15) is 6.54 Å². The summed E-state index contributed by atoms with van der Waals surface area (Å²) in [5.74, 6) is 0.527. The molecule has 2 aliphatic rings. The lowest BCUT2D eigenvalue weighted by molar-refractivity contribution is -0.126. The van der Waals surface area contributed by atoms with Crippen molar-refractivity contribution in [2.45, 2.75) is 19.3 Å². The number of hydrogen-bond acceptors (Lipinski definition) is 2. The highest BCUT2D eigenvalue weighted by Gasteiger charge is 2.35. The lowest BCUT2D eigenvalue weighted by atomic mass is 9.85. The lowest BCUT2D eigenvalue weighted by Gasteiger charge is -2.28. The molecule has 3 amide bonds. The van der Waals surface area contributed by atoms with Crippen LogP contribution in [0.5, 0.6) is 0 Å². The smallest absolute Gasteiger partial charge is 0.318 e. The Hall–Kier alpha value is -1.06. The molecule has 0 spiro atoms. The van der Waals surface area contributed by atoms with E-state index in [4.69, 9.17) is 0 Å². The van der Waals surface area contributed by atoms with Crippen molar-refractivity contribution in [1.29, 1.82) is 0 Å². The van der Waals surface area contributed by atoms with Crippen molar-refractivity contribution in [1.82, 2.24) is 9.80 Å². The minimum atomic E-state index is -0.128. The van der Waals surface area contributed by atoms with Gasteiger partial charge in [-0.15, -0.1) is 0 Å². The van der Waals surface area contributed by atoms with E-state index in [2.05, 4.69) is 0 Å². The van der Waals surface area contributed by atoms with E-state index in [-0.39, 0.29) is 18.5 Å². The van der Waals surface area contributed by atoms with Gasteiger partial charge in [0.05, 0.1) is 0 Å². The maximum atomic E-state index is 11.4. The van der Waals surface area contributed by atoms with E-state index < -0.39 is 0 Å². The monoisotopic (exact) mass is 182 g/mol. The first-order valence-electron chi connectivity index (χ1n) is 4.74. The summed E-state index contributed by atoms with van der Waals surface area (Å²) in [5, 5.41) is 0. The van der Waals surface area contributed by atoms with Gasteiger partial charge in [-0.05, 0) is 18.8 Å². The Morgan fingerprint density at radius 2 is 2.08 bits per heavy atom. The average Bonchev–Trinajstić information content (AvgIpc) is 2.21. The normalized spacial score (nSPS) is 24.1. The highest BCUT2D eigenvalue weighted by molar-refractivity contribution is 6.01. The Bertz CT molecular complexity index is 248. The standard InChI is InChI=1S/C9H14N2O2/c1-10-6-8(12)11(9(10)13)5-7-3-2-4-7/h7H,2-6H2,1H3. The van der Waals surface area contributed by atoms with Crippen LogP contribution in [0.15, 0.2) is 0 Å². The molecule has 1 aliphatic carbocycles. The number of rotatable bonds is 2. The second kappa shape index (κ2) is 3.01. The van der Waals surface area contributed by atoms with Crippen LogP contribution in [0.4, 0.5) is 4.79 Å². The fourth-order valence-electron chi connectivity index (χ4n) is 1.78. The zero-order valence-corrected chi connectivity index (χ0v) is 7.82. The fourth-order valence-corrected chi connectivity index (χ4v) is 1.78. The van der Waals surface area contributed by atoms with Gasteiger partial charge in [0.25, 0.3) is 0 Å². The summed E-state index contributed by atoms with van der Waals surface area (Å²) in [6, 6.07) is -0.128. The molecule has 0 aromatic heterocycles. The molecule has 2 fully saturated rings. The minimum Gasteiger partial charge on any atom is -0.318 e. The molecule has 0 bridgehead atoms. The van der Waals surface area contributed by atoms with E-state index in [1.165, 1.54) is 29.1 Å². The summed E-state index contributed by atoms with van der Waals surface area (Å²) in [6.07, 6.45) is 3.58. The molecule has 1 heterocycles. The van der Waals surface area contributed by atoms with Crippen LogP contribution >= 0.6 is 0 Å². The summed E-state index contributed by atoms with van der Waals surface area (Å²) >= 11 is 0. The zero-order chi connectivity index (χ0) is 9.42. The van der Waals surface area contributed by atoms with Crippen molar-refractivity contribution in [2.24, 2.45) is 5.92 Å². The highest BCUT2D eigenvalue weighted by atomic mass is 16.2. The molecule has 1 saturated heterocycles. The van der Waals surface area contributed by atoms with Crippen molar-refractivity contribution in [2.75, 3.05) is 20.1 Å². The molecule has 2 rings (SSSR count). The van der Waals surface area contributed by atoms with E-state index >= 15 is 0 Å². The van der Waals surface area contributed by atoms with Gasteiger partial charge >= 0.3 is 6.03 Å². The first-order valence-corrected chi connectivity index (χ1v) is 4.74. The van der Waals surface area contributed by atoms with Crippen LogP contribution < -0.4 is 0 Å². The van der Waals surface area contributed by atoms with Crippen LogP contribution in [0.25, 0.3) is 0 Å². The third kappa shape index (κ3) is 1.41. The zero-order valence-electron chi connectivity index (χ0n) is 7.82. The van der Waals surface area contributed by atoms with Crippen LogP contribution in [-0.2, 0) is 4.79 Å². The Morgan fingerprint density at radius 1 is 1.38 bits per heavy atom. The van der Waals surface area contributed by atoms with Gasteiger partial charge in [0.2, 0.25) is 5.91 Å². The summed E-state index contributed by atoms with van der Waals surface area (Å²) in [5.41, 5.74) is 0. The van der Waals surface area contributed by atoms with Crippen LogP contribution in [0, 0.1) is 5.92 Å². The van der Waals surface area contributed by atoms with Gasteiger partial charge in [-0.2, -0.15) is 0 Å². The Labute approximate surface area is 77.5 Å². The third-order valence-electron chi connectivity index (χ3n) is 2.90. The summed E-state index contributed by atoms with van der Waals surface area (Å²) in [6.45, 7) is 0.896. The van der Waals surface area contributed by atoms with Crippen LogP contribution in [-0.4, -0.2) is 41.9 Å². The molecule has 1 aliphatic heterocycles. The SMILES string of the molecule is CN1CC(=O)N(CC2CCC2)C1=O. The number of likely N-dealkylation sites (N-methyl/N-ethyl adjacent to an activating group) is 1. The molecular formula is C9H14N2O2. The van der Waals surface area contributed by atoms with Gasteiger partial charge in [-0.3, -0.25) is 9.69 Å². The Balaban J connectivity index is 1.96. The van der Waals surface area contributed by atoms with E-state index in [1.807, 2.05) is 0 Å². The van der Waals surface area contributed by atoms with Gasteiger partial charge < -0.3 is 4.90 Å². The second-order valence-corrected chi connectivity index (χ2v) is 3.94. The van der Waals surface area contributed by atoms with Crippen LogP contribution in [0.2, 0.25) is 0 Å². The molecule has 0 atom stereocenters. The van der Waals surface area contributed by atoms with Crippen molar-refractivity contribution >= 4 is 11.9 Å². The molecule has 0 aromatic rings. The molecule has 4 heteroatoms. The summed E-state index contributed by atoms with van der Waals surface area (Å²) in [4.78, 5) is 25.6. The molecule has 4 nitrogen and oxygen atoms in total. The molecule has 0 radical (unpaired) electrons. The van der Waals surface area contributed by atoms with E-state index in [0.29, 0.717) is 12.5 Å². The molecule has 0 unspecified atom stereocenters.